The van der Waals surface area contributed by atoms with Gasteiger partial charge in [0, 0.05) is 5.56 Å². The third kappa shape index (κ3) is 4.46. The molecule has 0 aliphatic heterocycles. The van der Waals surface area contributed by atoms with E-state index in [2.05, 4.69) is 29.2 Å². The number of phenolic OH excluding ortho intramolecular Hbond substituents is 1. The summed E-state index contributed by atoms with van der Waals surface area (Å²) < 4.78 is 1.65. The highest BCUT2D eigenvalue weighted by Crippen LogP contribution is 2.42. The number of aryl methyl sites for hydroxylation is 1. The first-order chi connectivity index (χ1) is 15.8. The van der Waals surface area contributed by atoms with E-state index >= 15 is 0 Å². The SMILES string of the molecule is Cc1nn(C2CCC(C)C(C)C2)c(O)c1/N=N/c1cccc(-c2cccc(C(=O)O)c2)c1O. The maximum Gasteiger partial charge on any atom is 0.335 e. The minimum Gasteiger partial charge on any atom is -0.505 e. The highest BCUT2D eigenvalue weighted by atomic mass is 16.4. The van der Waals surface area contributed by atoms with Gasteiger partial charge in [-0.15, -0.1) is 10.2 Å². The number of benzene rings is 2. The lowest BCUT2D eigenvalue weighted by molar-refractivity contribution is 0.0697. The van der Waals surface area contributed by atoms with Crippen molar-refractivity contribution < 1.29 is 20.1 Å². The number of hydrogen-bond acceptors (Lipinski definition) is 6. The molecule has 3 aromatic rings. The summed E-state index contributed by atoms with van der Waals surface area (Å²) >= 11 is 0. The van der Waals surface area contributed by atoms with Crippen molar-refractivity contribution in [1.29, 1.82) is 0 Å². The minimum absolute atomic E-state index is 0.0205. The van der Waals surface area contributed by atoms with Crippen molar-refractivity contribution >= 4 is 17.3 Å². The largest absolute Gasteiger partial charge is 0.505 e. The van der Waals surface area contributed by atoms with Crippen LogP contribution in [-0.2, 0) is 0 Å². The number of carboxylic acids is 1. The van der Waals surface area contributed by atoms with E-state index in [1.807, 2.05) is 0 Å². The third-order valence-corrected chi connectivity index (χ3v) is 6.64. The third-order valence-electron chi connectivity index (χ3n) is 6.64. The number of azo groups is 1. The average Bonchev–Trinajstić information content (AvgIpc) is 3.08. The number of aromatic hydroxyl groups is 2. The van der Waals surface area contributed by atoms with E-state index in [1.54, 1.807) is 41.9 Å². The van der Waals surface area contributed by atoms with Crippen LogP contribution in [0.3, 0.4) is 0 Å². The molecule has 33 heavy (non-hydrogen) atoms. The highest BCUT2D eigenvalue weighted by molar-refractivity contribution is 5.90. The lowest BCUT2D eigenvalue weighted by Crippen LogP contribution is -2.23. The van der Waals surface area contributed by atoms with Crippen molar-refractivity contribution in [2.45, 2.75) is 46.1 Å². The van der Waals surface area contributed by atoms with E-state index in [0.29, 0.717) is 28.7 Å². The van der Waals surface area contributed by atoms with Crippen molar-refractivity contribution in [3.8, 4) is 22.8 Å². The number of aromatic carboxylic acids is 1. The first-order valence-corrected chi connectivity index (χ1v) is 11.1. The summed E-state index contributed by atoms with van der Waals surface area (Å²) in [5, 5.41) is 43.7. The van der Waals surface area contributed by atoms with Gasteiger partial charge >= 0.3 is 5.97 Å². The Kier molecular flexibility index (Phi) is 6.18. The van der Waals surface area contributed by atoms with Gasteiger partial charge < -0.3 is 15.3 Å². The molecule has 1 aliphatic carbocycles. The smallest absolute Gasteiger partial charge is 0.335 e. The predicted molar refractivity (Wildman–Crippen MR) is 125 cm³/mol. The number of carbonyl (C=O) groups is 1. The van der Waals surface area contributed by atoms with Gasteiger partial charge in [-0.1, -0.05) is 38.1 Å². The molecule has 0 radical (unpaired) electrons. The van der Waals surface area contributed by atoms with Gasteiger partial charge in [-0.3, -0.25) is 0 Å². The molecule has 0 spiro atoms. The first-order valence-electron chi connectivity index (χ1n) is 11.1. The number of para-hydroxylation sites is 1. The molecule has 3 atom stereocenters. The summed E-state index contributed by atoms with van der Waals surface area (Å²) in [5.74, 6) is 0.0240. The van der Waals surface area contributed by atoms with Gasteiger partial charge in [0.05, 0.1) is 17.3 Å². The molecule has 1 heterocycles. The fourth-order valence-corrected chi connectivity index (χ4v) is 4.41. The zero-order valence-electron chi connectivity index (χ0n) is 18.9. The molecule has 1 aromatic heterocycles. The van der Waals surface area contributed by atoms with Crippen molar-refractivity contribution in [2.24, 2.45) is 22.1 Å². The molecule has 2 aromatic carbocycles. The summed E-state index contributed by atoms with van der Waals surface area (Å²) in [5.41, 5.74) is 2.16. The zero-order valence-corrected chi connectivity index (χ0v) is 18.9. The van der Waals surface area contributed by atoms with E-state index in [4.69, 9.17) is 0 Å². The van der Waals surface area contributed by atoms with Crippen LogP contribution in [0.4, 0.5) is 11.4 Å². The summed E-state index contributed by atoms with van der Waals surface area (Å²) in [7, 11) is 0. The monoisotopic (exact) mass is 448 g/mol. The van der Waals surface area contributed by atoms with Crippen molar-refractivity contribution in [3.05, 3.63) is 53.7 Å². The number of nitrogens with zero attached hydrogens (tertiary/aromatic N) is 4. The number of hydrogen-bond donors (Lipinski definition) is 3. The lowest BCUT2D eigenvalue weighted by atomic mass is 9.79. The van der Waals surface area contributed by atoms with Gasteiger partial charge in [-0.25, -0.2) is 9.48 Å². The second-order valence-corrected chi connectivity index (χ2v) is 8.88. The van der Waals surface area contributed by atoms with E-state index < -0.39 is 5.97 Å². The number of rotatable bonds is 5. The van der Waals surface area contributed by atoms with Crippen LogP contribution in [-0.4, -0.2) is 31.1 Å². The van der Waals surface area contributed by atoms with Crippen LogP contribution < -0.4 is 0 Å². The molecule has 0 bridgehead atoms. The van der Waals surface area contributed by atoms with Crippen LogP contribution >= 0.6 is 0 Å². The number of carboxylic acid groups (broad SMARTS) is 1. The molecule has 8 nitrogen and oxygen atoms in total. The van der Waals surface area contributed by atoms with Crippen LogP contribution in [0.1, 0.15) is 55.2 Å². The molecular weight excluding hydrogens is 420 g/mol. The maximum atomic E-state index is 11.3. The molecule has 3 unspecified atom stereocenters. The van der Waals surface area contributed by atoms with Crippen molar-refractivity contribution in [1.82, 2.24) is 9.78 Å². The van der Waals surface area contributed by atoms with Gasteiger partial charge in [-0.05, 0) is 61.8 Å². The summed E-state index contributed by atoms with van der Waals surface area (Å²) in [4.78, 5) is 11.3. The molecule has 3 N–H and O–H groups in total. The number of phenols is 1. The van der Waals surface area contributed by atoms with E-state index in [9.17, 15) is 20.1 Å². The Hall–Kier alpha value is -3.68. The average molecular weight is 449 g/mol. The van der Waals surface area contributed by atoms with E-state index in [-0.39, 0.29) is 34.6 Å². The molecule has 8 heteroatoms. The Morgan fingerprint density at radius 2 is 1.82 bits per heavy atom. The first kappa shape index (κ1) is 22.5. The molecule has 4 rings (SSSR count). The second-order valence-electron chi connectivity index (χ2n) is 8.88. The molecule has 172 valence electrons. The van der Waals surface area contributed by atoms with Gasteiger partial charge in [0.1, 0.15) is 5.69 Å². The lowest BCUT2D eigenvalue weighted by Gasteiger charge is -2.32. The fraction of sp³-hybridized carbons (Fsp3) is 0.360. The predicted octanol–water partition coefficient (Wildman–Crippen LogP) is 6.38. The Bertz CT molecular complexity index is 1220. The Morgan fingerprint density at radius 3 is 2.55 bits per heavy atom. The highest BCUT2D eigenvalue weighted by Gasteiger charge is 2.29. The summed E-state index contributed by atoms with van der Waals surface area (Å²) in [6, 6.07) is 11.4. The topological polar surface area (TPSA) is 120 Å². The Balaban J connectivity index is 1.63. The van der Waals surface area contributed by atoms with Crippen LogP contribution in [0.25, 0.3) is 11.1 Å². The molecule has 1 saturated carbocycles. The molecule has 0 amide bonds. The van der Waals surface area contributed by atoms with Gasteiger partial charge in [-0.2, -0.15) is 5.10 Å². The van der Waals surface area contributed by atoms with Gasteiger partial charge in [0.2, 0.25) is 5.88 Å². The maximum absolute atomic E-state index is 11.3. The fourth-order valence-electron chi connectivity index (χ4n) is 4.41. The van der Waals surface area contributed by atoms with Crippen molar-refractivity contribution in [3.63, 3.8) is 0 Å². The van der Waals surface area contributed by atoms with Crippen molar-refractivity contribution in [2.75, 3.05) is 0 Å². The Morgan fingerprint density at radius 1 is 1.06 bits per heavy atom. The van der Waals surface area contributed by atoms with E-state index in [0.717, 1.165) is 19.3 Å². The van der Waals surface area contributed by atoms with Gasteiger partial charge in [0.15, 0.2) is 11.4 Å². The van der Waals surface area contributed by atoms with Crippen LogP contribution in [0, 0.1) is 18.8 Å². The normalized spacial score (nSPS) is 20.9. The molecule has 1 aliphatic rings. The summed E-state index contributed by atoms with van der Waals surface area (Å²) in [6.07, 6.45) is 2.99. The molecular formula is C25H28N4O4. The standard InChI is InChI=1S/C25H28N4O4/c1-14-10-11-19(12-15(14)2)29-24(31)22(16(3)28-29)27-26-21-9-5-8-20(23(21)30)17-6-4-7-18(13-17)25(32)33/h4-9,13-15,19,30-31H,10-12H2,1-3H3,(H,32,33)/b27-26+. The quantitative estimate of drug-likeness (QED) is 0.391. The van der Waals surface area contributed by atoms with Gasteiger partial charge in [0.25, 0.3) is 0 Å². The zero-order chi connectivity index (χ0) is 23.7. The van der Waals surface area contributed by atoms with E-state index in [1.165, 1.54) is 12.1 Å². The summed E-state index contributed by atoms with van der Waals surface area (Å²) in [6.45, 7) is 6.26. The molecule has 1 fully saturated rings. The van der Waals surface area contributed by atoms with Crippen LogP contribution in [0.15, 0.2) is 52.7 Å². The molecule has 0 saturated heterocycles. The Labute approximate surface area is 192 Å². The number of aromatic nitrogens is 2. The van der Waals surface area contributed by atoms with Crippen LogP contribution in [0.2, 0.25) is 0 Å². The second kappa shape index (κ2) is 9.05. The minimum atomic E-state index is -1.04. The van der Waals surface area contributed by atoms with Crippen LogP contribution in [0.5, 0.6) is 11.6 Å².